The van der Waals surface area contributed by atoms with Gasteiger partial charge in [-0.1, -0.05) is 6.92 Å². The van der Waals surface area contributed by atoms with Crippen LogP contribution in [0.4, 0.5) is 0 Å². The number of hydrogen-bond donors (Lipinski definition) is 2. The van der Waals surface area contributed by atoms with E-state index in [0.717, 1.165) is 0 Å². The van der Waals surface area contributed by atoms with Crippen LogP contribution < -0.4 is 10.9 Å². The summed E-state index contributed by atoms with van der Waals surface area (Å²) in [7, 11) is 1.32. The van der Waals surface area contributed by atoms with Crippen molar-refractivity contribution >= 4 is 17.8 Å². The number of carbonyl (C=O) groups is 3. The average Bonchev–Trinajstić information content (AvgIpc) is 2.31. The molecule has 2 N–H and O–H groups in total. The van der Waals surface area contributed by atoms with E-state index >= 15 is 0 Å². The Morgan fingerprint density at radius 3 is 2.35 bits per heavy atom. The monoisotopic (exact) mass is 245 g/mol. The van der Waals surface area contributed by atoms with Gasteiger partial charge in [-0.3, -0.25) is 30.1 Å². The maximum Gasteiger partial charge on any atom is 0.306 e. The maximum absolute atomic E-state index is 11.3. The molecule has 0 heterocycles. The van der Waals surface area contributed by atoms with Crippen molar-refractivity contribution in [2.45, 2.75) is 20.3 Å². The van der Waals surface area contributed by atoms with Gasteiger partial charge in [0.1, 0.15) is 0 Å². The Kier molecular flexibility index (Phi) is 7.70. The summed E-state index contributed by atoms with van der Waals surface area (Å²) in [5, 5.41) is 0. The van der Waals surface area contributed by atoms with E-state index in [-0.39, 0.29) is 30.7 Å². The summed E-state index contributed by atoms with van der Waals surface area (Å²) in [4.78, 5) is 34.6. The van der Waals surface area contributed by atoms with E-state index in [4.69, 9.17) is 0 Å². The standard InChI is InChI=1S/C10H19N3O4/c1-4-13(6-5-10(16)17-3)7-9(15)12-11-8(2)14/h4-7H2,1-3H3,(H,11,14)(H,12,15). The number of nitrogens with zero attached hydrogens (tertiary/aromatic N) is 1. The number of hydrazine groups is 1. The molecule has 0 aliphatic carbocycles. The Hall–Kier alpha value is -1.63. The first-order valence-electron chi connectivity index (χ1n) is 5.34. The fourth-order valence-electron chi connectivity index (χ4n) is 1.10. The molecule has 0 rings (SSSR count). The Balaban J connectivity index is 3.91. The van der Waals surface area contributed by atoms with Crippen LogP contribution in [0.1, 0.15) is 20.3 Å². The molecular weight excluding hydrogens is 226 g/mol. The van der Waals surface area contributed by atoms with Crippen LogP contribution in [0.2, 0.25) is 0 Å². The number of amides is 2. The Morgan fingerprint density at radius 2 is 1.88 bits per heavy atom. The molecule has 0 unspecified atom stereocenters. The number of rotatable bonds is 6. The number of carbonyl (C=O) groups excluding carboxylic acids is 3. The summed E-state index contributed by atoms with van der Waals surface area (Å²) in [5.74, 6) is -0.978. The van der Waals surface area contributed by atoms with Gasteiger partial charge in [-0.05, 0) is 6.54 Å². The molecule has 0 aliphatic heterocycles. The van der Waals surface area contributed by atoms with E-state index in [0.29, 0.717) is 13.1 Å². The zero-order chi connectivity index (χ0) is 13.3. The second kappa shape index (κ2) is 8.51. The minimum atomic E-state index is -0.337. The highest BCUT2D eigenvalue weighted by Gasteiger charge is 2.11. The summed E-state index contributed by atoms with van der Waals surface area (Å²) in [5.41, 5.74) is 4.45. The molecule has 7 heteroatoms. The van der Waals surface area contributed by atoms with Crippen molar-refractivity contribution < 1.29 is 19.1 Å². The molecule has 0 fully saturated rings. The van der Waals surface area contributed by atoms with Crippen LogP contribution in [0.3, 0.4) is 0 Å². The zero-order valence-electron chi connectivity index (χ0n) is 10.4. The molecule has 0 saturated heterocycles. The molecule has 0 bridgehead atoms. The van der Waals surface area contributed by atoms with Gasteiger partial charge in [0.2, 0.25) is 5.91 Å². The Morgan fingerprint density at radius 1 is 1.24 bits per heavy atom. The van der Waals surface area contributed by atoms with Crippen LogP contribution >= 0.6 is 0 Å². The maximum atomic E-state index is 11.3. The van der Waals surface area contributed by atoms with Crippen LogP contribution in [-0.2, 0) is 19.1 Å². The van der Waals surface area contributed by atoms with Crippen LogP contribution in [0.5, 0.6) is 0 Å². The molecule has 0 aromatic rings. The third kappa shape index (κ3) is 8.21. The summed E-state index contributed by atoms with van der Waals surface area (Å²) in [6, 6.07) is 0. The van der Waals surface area contributed by atoms with Gasteiger partial charge >= 0.3 is 5.97 Å². The molecule has 0 radical (unpaired) electrons. The minimum Gasteiger partial charge on any atom is -0.469 e. The van der Waals surface area contributed by atoms with Gasteiger partial charge in [0, 0.05) is 13.5 Å². The van der Waals surface area contributed by atoms with Gasteiger partial charge < -0.3 is 4.74 Å². The number of nitrogens with one attached hydrogen (secondary N) is 2. The lowest BCUT2D eigenvalue weighted by Crippen LogP contribution is -2.46. The Bertz CT molecular complexity index is 281. The zero-order valence-corrected chi connectivity index (χ0v) is 10.4. The van der Waals surface area contributed by atoms with E-state index in [1.54, 1.807) is 4.90 Å². The van der Waals surface area contributed by atoms with Crippen LogP contribution in [-0.4, -0.2) is 49.4 Å². The predicted molar refractivity (Wildman–Crippen MR) is 60.7 cm³/mol. The smallest absolute Gasteiger partial charge is 0.306 e. The Labute approximate surface area is 100 Å². The van der Waals surface area contributed by atoms with E-state index in [1.165, 1.54) is 14.0 Å². The lowest BCUT2D eigenvalue weighted by atomic mass is 10.3. The lowest BCUT2D eigenvalue weighted by Gasteiger charge is -2.18. The van der Waals surface area contributed by atoms with Crippen molar-refractivity contribution in [3.05, 3.63) is 0 Å². The predicted octanol–water partition coefficient (Wildman–Crippen LogP) is -0.961. The fourth-order valence-corrected chi connectivity index (χ4v) is 1.10. The molecule has 0 aliphatic rings. The number of ether oxygens (including phenoxy) is 1. The molecular formula is C10H19N3O4. The average molecular weight is 245 g/mol. The molecule has 98 valence electrons. The minimum absolute atomic E-state index is 0.119. The van der Waals surface area contributed by atoms with Gasteiger partial charge in [0.25, 0.3) is 5.91 Å². The highest BCUT2D eigenvalue weighted by atomic mass is 16.5. The van der Waals surface area contributed by atoms with Crippen LogP contribution in [0.15, 0.2) is 0 Å². The first-order valence-corrected chi connectivity index (χ1v) is 5.34. The summed E-state index contributed by atoms with van der Waals surface area (Å²) < 4.78 is 4.51. The fraction of sp³-hybridized carbons (Fsp3) is 0.700. The van der Waals surface area contributed by atoms with Gasteiger partial charge in [0.15, 0.2) is 0 Å². The van der Waals surface area contributed by atoms with Gasteiger partial charge in [-0.2, -0.15) is 0 Å². The number of likely N-dealkylation sites (N-methyl/N-ethyl adjacent to an activating group) is 1. The normalized spacial score (nSPS) is 9.88. The quantitative estimate of drug-likeness (QED) is 0.465. The van der Waals surface area contributed by atoms with E-state index < -0.39 is 0 Å². The molecule has 0 saturated carbocycles. The van der Waals surface area contributed by atoms with Crippen LogP contribution in [0, 0.1) is 0 Å². The molecule has 7 nitrogen and oxygen atoms in total. The molecule has 0 aromatic heterocycles. The summed E-state index contributed by atoms with van der Waals surface area (Å²) >= 11 is 0. The highest BCUT2D eigenvalue weighted by molar-refractivity contribution is 5.82. The summed E-state index contributed by atoms with van der Waals surface area (Å²) in [6.07, 6.45) is 0.234. The molecule has 0 atom stereocenters. The van der Waals surface area contributed by atoms with Crippen molar-refractivity contribution in [1.29, 1.82) is 0 Å². The SMILES string of the molecule is CCN(CCC(=O)OC)CC(=O)NNC(C)=O. The van der Waals surface area contributed by atoms with Crippen LogP contribution in [0.25, 0.3) is 0 Å². The first kappa shape index (κ1) is 15.4. The van der Waals surface area contributed by atoms with Crippen molar-refractivity contribution in [3.63, 3.8) is 0 Å². The number of esters is 1. The third-order valence-electron chi connectivity index (χ3n) is 2.05. The first-order chi connectivity index (χ1) is 7.99. The summed E-state index contributed by atoms with van der Waals surface area (Å²) in [6.45, 7) is 4.37. The molecule has 17 heavy (non-hydrogen) atoms. The molecule has 2 amide bonds. The third-order valence-corrected chi connectivity index (χ3v) is 2.05. The van der Waals surface area contributed by atoms with E-state index in [9.17, 15) is 14.4 Å². The van der Waals surface area contributed by atoms with E-state index in [1.807, 2.05) is 6.92 Å². The topological polar surface area (TPSA) is 87.7 Å². The van der Waals surface area contributed by atoms with Crippen molar-refractivity contribution in [1.82, 2.24) is 15.8 Å². The van der Waals surface area contributed by atoms with Gasteiger partial charge in [-0.25, -0.2) is 0 Å². The second-order valence-electron chi connectivity index (χ2n) is 3.42. The highest BCUT2D eigenvalue weighted by Crippen LogP contribution is 1.92. The van der Waals surface area contributed by atoms with Crippen molar-refractivity contribution in [2.75, 3.05) is 26.7 Å². The number of methoxy groups -OCH3 is 1. The van der Waals surface area contributed by atoms with Crippen molar-refractivity contribution in [2.24, 2.45) is 0 Å². The lowest BCUT2D eigenvalue weighted by molar-refractivity contribution is -0.141. The largest absolute Gasteiger partial charge is 0.469 e. The number of hydrogen-bond acceptors (Lipinski definition) is 5. The van der Waals surface area contributed by atoms with E-state index in [2.05, 4.69) is 15.6 Å². The van der Waals surface area contributed by atoms with Gasteiger partial charge in [0.05, 0.1) is 20.1 Å². The second-order valence-corrected chi connectivity index (χ2v) is 3.42. The molecule has 0 aromatic carbocycles. The molecule has 0 spiro atoms. The van der Waals surface area contributed by atoms with Crippen molar-refractivity contribution in [3.8, 4) is 0 Å². The van der Waals surface area contributed by atoms with Gasteiger partial charge in [-0.15, -0.1) is 0 Å².